The molecule has 2 bridgehead atoms. The number of ether oxygens (including phenoxy) is 1. The average molecular weight is 438 g/mol. The van der Waals surface area contributed by atoms with Gasteiger partial charge in [-0.15, -0.1) is 5.06 Å². The Balaban J connectivity index is 1.16. The van der Waals surface area contributed by atoms with Crippen LogP contribution in [0, 0.1) is 0 Å². The average Bonchev–Trinajstić information content (AvgIpc) is 3.49. The third-order valence-corrected chi connectivity index (χ3v) is 6.50. The van der Waals surface area contributed by atoms with E-state index in [2.05, 4.69) is 19.9 Å². The predicted molar refractivity (Wildman–Crippen MR) is 111 cm³/mol. The summed E-state index contributed by atoms with van der Waals surface area (Å²) in [6.45, 7) is 2.12. The summed E-state index contributed by atoms with van der Waals surface area (Å²) >= 11 is 1.43. The lowest BCUT2D eigenvalue weighted by Crippen LogP contribution is -2.47. The standard InChI is InChI=1S/C20H18N6O4S/c21-19(27)30-26-9-11-4-12(26)8-25(11)10-14-5-15-16(28-14)6-13(7-23-15)29-20-24-18-17(31-20)2-1-3-22-18/h1-3,5-7,11-12H,4,8-10H2,(H2,21,27)/t11-,12-/m0/s1. The molecular formula is C20H18N6O4S. The Hall–Kier alpha value is -3.28. The highest BCUT2D eigenvalue weighted by Crippen LogP contribution is 2.34. The highest BCUT2D eigenvalue weighted by molar-refractivity contribution is 7.20. The number of hydrogen-bond donors (Lipinski definition) is 1. The molecule has 2 fully saturated rings. The number of carbonyl (C=O) groups excluding carboxylic acids is 1. The van der Waals surface area contributed by atoms with Crippen molar-refractivity contribution in [3.05, 3.63) is 42.4 Å². The highest BCUT2D eigenvalue weighted by atomic mass is 32.1. The molecule has 10 nitrogen and oxygen atoms in total. The fourth-order valence-corrected chi connectivity index (χ4v) is 5.11. The molecule has 0 radical (unpaired) electrons. The molecule has 2 aliphatic rings. The molecule has 0 saturated carbocycles. The van der Waals surface area contributed by atoms with Gasteiger partial charge in [-0.3, -0.25) is 4.90 Å². The van der Waals surface area contributed by atoms with E-state index in [1.54, 1.807) is 17.5 Å². The smallest absolute Gasteiger partial charge is 0.423 e. The van der Waals surface area contributed by atoms with E-state index in [9.17, 15) is 4.79 Å². The van der Waals surface area contributed by atoms with Crippen molar-refractivity contribution in [2.75, 3.05) is 13.1 Å². The van der Waals surface area contributed by atoms with E-state index < -0.39 is 6.09 Å². The number of piperazine rings is 1. The minimum absolute atomic E-state index is 0.170. The number of rotatable bonds is 5. The molecule has 158 valence electrons. The van der Waals surface area contributed by atoms with E-state index in [1.807, 2.05) is 24.3 Å². The van der Waals surface area contributed by atoms with Gasteiger partial charge in [-0.25, -0.2) is 14.8 Å². The summed E-state index contributed by atoms with van der Waals surface area (Å²) in [5, 5.41) is 2.20. The Bertz CT molecular complexity index is 1260. The molecule has 11 heteroatoms. The molecule has 1 amide bonds. The van der Waals surface area contributed by atoms with Crippen LogP contribution in [-0.2, 0) is 11.4 Å². The van der Waals surface area contributed by atoms with Gasteiger partial charge >= 0.3 is 6.09 Å². The van der Waals surface area contributed by atoms with Gasteiger partial charge in [0.2, 0.25) is 0 Å². The Kier molecular flexibility index (Phi) is 4.26. The van der Waals surface area contributed by atoms with Gasteiger partial charge in [-0.1, -0.05) is 11.3 Å². The van der Waals surface area contributed by atoms with Crippen LogP contribution >= 0.6 is 11.3 Å². The van der Waals surface area contributed by atoms with Crippen LogP contribution in [0.4, 0.5) is 4.79 Å². The van der Waals surface area contributed by atoms with Gasteiger partial charge in [0.05, 0.1) is 30.0 Å². The SMILES string of the molecule is NC(=O)ON1C[C@@H]2C[C@H]1CN2Cc1cc2ncc(Oc3nc4ncccc4s3)cc2o1. The van der Waals surface area contributed by atoms with E-state index in [4.69, 9.17) is 19.7 Å². The molecular weight excluding hydrogens is 420 g/mol. The largest absolute Gasteiger partial charge is 0.458 e. The van der Waals surface area contributed by atoms with E-state index in [0.717, 1.165) is 28.9 Å². The molecule has 2 N–H and O–H groups in total. The summed E-state index contributed by atoms with van der Waals surface area (Å²) in [4.78, 5) is 31.5. The Morgan fingerprint density at radius 3 is 3.03 bits per heavy atom. The molecule has 31 heavy (non-hydrogen) atoms. The van der Waals surface area contributed by atoms with Crippen LogP contribution < -0.4 is 10.5 Å². The third kappa shape index (κ3) is 3.46. The van der Waals surface area contributed by atoms with Gasteiger partial charge in [0.15, 0.2) is 17.0 Å². The zero-order valence-electron chi connectivity index (χ0n) is 16.3. The molecule has 4 aromatic heterocycles. The number of furan rings is 1. The van der Waals surface area contributed by atoms with Crippen molar-refractivity contribution in [3.63, 3.8) is 0 Å². The first-order chi connectivity index (χ1) is 15.1. The van der Waals surface area contributed by atoms with Crippen molar-refractivity contribution in [2.45, 2.75) is 25.0 Å². The van der Waals surface area contributed by atoms with Crippen LogP contribution in [0.2, 0.25) is 0 Å². The highest BCUT2D eigenvalue weighted by Gasteiger charge is 2.45. The first-order valence-electron chi connectivity index (χ1n) is 9.87. The van der Waals surface area contributed by atoms with Crippen LogP contribution in [-0.4, -0.2) is 56.2 Å². The summed E-state index contributed by atoms with van der Waals surface area (Å²) < 4.78 is 12.9. The first-order valence-corrected chi connectivity index (χ1v) is 10.7. The van der Waals surface area contributed by atoms with Crippen molar-refractivity contribution in [2.24, 2.45) is 5.73 Å². The minimum atomic E-state index is -0.761. The number of nitrogens with zero attached hydrogens (tertiary/aromatic N) is 5. The molecule has 2 aliphatic heterocycles. The van der Waals surface area contributed by atoms with Crippen LogP contribution in [0.25, 0.3) is 21.4 Å². The summed E-state index contributed by atoms with van der Waals surface area (Å²) in [7, 11) is 0. The summed E-state index contributed by atoms with van der Waals surface area (Å²) in [5.41, 5.74) is 7.23. The van der Waals surface area contributed by atoms with Gasteiger partial charge in [0.1, 0.15) is 11.3 Å². The summed E-state index contributed by atoms with van der Waals surface area (Å²) in [5.74, 6) is 1.39. The first kappa shape index (κ1) is 18.5. The minimum Gasteiger partial charge on any atom is -0.458 e. The van der Waals surface area contributed by atoms with E-state index in [0.29, 0.717) is 41.3 Å². The summed E-state index contributed by atoms with van der Waals surface area (Å²) in [6, 6.07) is 8.07. The van der Waals surface area contributed by atoms with E-state index in [1.165, 1.54) is 11.3 Å². The number of likely N-dealkylation sites (tertiary alicyclic amines) is 1. The Labute approximate surface area is 180 Å². The number of hydrogen-bond acceptors (Lipinski definition) is 10. The number of amides is 1. The lowest BCUT2D eigenvalue weighted by Gasteiger charge is -2.31. The lowest BCUT2D eigenvalue weighted by molar-refractivity contribution is -0.128. The van der Waals surface area contributed by atoms with Crippen LogP contribution in [0.1, 0.15) is 12.2 Å². The van der Waals surface area contributed by atoms with E-state index in [-0.39, 0.29) is 6.04 Å². The van der Waals surface area contributed by atoms with Gasteiger partial charge in [-0.05, 0) is 18.6 Å². The number of primary amides is 1. The van der Waals surface area contributed by atoms with Crippen LogP contribution in [0.5, 0.6) is 10.9 Å². The topological polar surface area (TPSA) is 120 Å². The number of carbonyl (C=O) groups is 1. The lowest BCUT2D eigenvalue weighted by atomic mass is 10.2. The normalized spacial score (nSPS) is 21.3. The van der Waals surface area contributed by atoms with Gasteiger partial charge in [0, 0.05) is 30.9 Å². The molecule has 2 atom stereocenters. The molecule has 0 spiro atoms. The fraction of sp³-hybridized carbons (Fsp3) is 0.300. The van der Waals surface area contributed by atoms with Crippen molar-refractivity contribution >= 4 is 38.9 Å². The van der Waals surface area contributed by atoms with Crippen molar-refractivity contribution in [1.29, 1.82) is 0 Å². The monoisotopic (exact) mass is 438 g/mol. The van der Waals surface area contributed by atoms with Crippen molar-refractivity contribution < 1.29 is 18.8 Å². The molecule has 0 aliphatic carbocycles. The molecule has 6 heterocycles. The summed E-state index contributed by atoms with van der Waals surface area (Å²) in [6.07, 6.45) is 3.56. The second-order valence-corrected chi connectivity index (χ2v) is 8.65. The number of pyridine rings is 2. The second-order valence-electron chi connectivity index (χ2n) is 7.66. The maximum Gasteiger partial charge on any atom is 0.423 e. The predicted octanol–water partition coefficient (Wildman–Crippen LogP) is 2.89. The molecule has 0 aromatic carbocycles. The Morgan fingerprint density at radius 2 is 2.23 bits per heavy atom. The fourth-order valence-electron chi connectivity index (χ4n) is 4.31. The van der Waals surface area contributed by atoms with Gasteiger partial charge in [0.25, 0.3) is 5.19 Å². The third-order valence-electron chi connectivity index (χ3n) is 5.62. The number of thiazole rings is 1. The van der Waals surface area contributed by atoms with Crippen molar-refractivity contribution in [3.8, 4) is 10.9 Å². The molecule has 2 saturated heterocycles. The maximum atomic E-state index is 11.0. The number of aromatic nitrogens is 3. The number of nitrogens with two attached hydrogens (primary N) is 1. The maximum absolute atomic E-state index is 11.0. The van der Waals surface area contributed by atoms with Crippen LogP contribution in [0.3, 0.4) is 0 Å². The molecule has 6 rings (SSSR count). The zero-order chi connectivity index (χ0) is 20.9. The zero-order valence-corrected chi connectivity index (χ0v) is 17.1. The van der Waals surface area contributed by atoms with Crippen molar-refractivity contribution in [1.82, 2.24) is 24.9 Å². The van der Waals surface area contributed by atoms with Crippen LogP contribution in [0.15, 0.2) is 41.1 Å². The van der Waals surface area contributed by atoms with Gasteiger partial charge < -0.3 is 19.7 Å². The number of hydroxylamine groups is 2. The quantitative estimate of drug-likeness (QED) is 0.501. The second kappa shape index (κ2) is 7.15. The number of fused-ring (bicyclic) bond motifs is 4. The molecule has 4 aromatic rings. The Morgan fingerprint density at radius 1 is 1.29 bits per heavy atom. The van der Waals surface area contributed by atoms with E-state index >= 15 is 0 Å². The molecule has 0 unspecified atom stereocenters. The van der Waals surface area contributed by atoms with Gasteiger partial charge in [-0.2, -0.15) is 4.98 Å².